The van der Waals surface area contributed by atoms with Crippen LogP contribution in [0.3, 0.4) is 0 Å². The molecule has 1 aromatic heterocycles. The Morgan fingerprint density at radius 1 is 1.54 bits per heavy atom. The molecule has 1 heterocycles. The lowest BCUT2D eigenvalue weighted by atomic mass is 10.2. The minimum absolute atomic E-state index is 0.207. The van der Waals surface area contributed by atoms with E-state index in [1.165, 1.54) is 11.8 Å². The average Bonchev–Trinajstić information content (AvgIpc) is 2.59. The van der Waals surface area contributed by atoms with Gasteiger partial charge in [0, 0.05) is 19.9 Å². The third-order valence-electron chi connectivity index (χ3n) is 1.86. The van der Waals surface area contributed by atoms with Crippen LogP contribution in [0.4, 0.5) is 4.39 Å². The van der Waals surface area contributed by atoms with Crippen LogP contribution in [0.25, 0.3) is 10.1 Å². The summed E-state index contributed by atoms with van der Waals surface area (Å²) in [7, 11) is 0. The van der Waals surface area contributed by atoms with Crippen molar-refractivity contribution in [1.29, 1.82) is 0 Å². The van der Waals surface area contributed by atoms with E-state index in [2.05, 4.69) is 12.6 Å². The molecule has 0 N–H and O–H groups in total. The van der Waals surface area contributed by atoms with Crippen molar-refractivity contribution >= 4 is 45.8 Å². The van der Waals surface area contributed by atoms with Gasteiger partial charge in [-0.15, -0.1) is 35.7 Å². The normalized spacial score (nSPS) is 11.0. The molecule has 0 aliphatic carbocycles. The predicted octanol–water partition coefficient (Wildman–Crippen LogP) is 4.05. The number of benzene rings is 1. The van der Waals surface area contributed by atoms with Gasteiger partial charge in [0.15, 0.2) is 5.82 Å². The van der Waals surface area contributed by atoms with E-state index in [9.17, 15) is 4.39 Å². The smallest absolute Gasteiger partial charge is 0.150 e. The molecule has 4 heteroatoms. The standard InChI is InChI=1S/C9H7FS3/c1-12-7-4-6-5(2-3-13-6)9(11)8(7)10/h2-4,11H,1H3. The Bertz CT molecular complexity index is 447. The van der Waals surface area contributed by atoms with Gasteiger partial charge in [0.1, 0.15) is 0 Å². The number of thiol groups is 1. The molecule has 0 atom stereocenters. The first-order valence-electron chi connectivity index (χ1n) is 3.66. The van der Waals surface area contributed by atoms with Crippen molar-refractivity contribution in [3.63, 3.8) is 0 Å². The number of hydrogen-bond acceptors (Lipinski definition) is 3. The van der Waals surface area contributed by atoms with Gasteiger partial charge >= 0.3 is 0 Å². The quantitative estimate of drug-likeness (QED) is 0.569. The molecule has 2 rings (SSSR count). The number of rotatable bonds is 1. The summed E-state index contributed by atoms with van der Waals surface area (Å²) in [6.07, 6.45) is 1.87. The zero-order valence-electron chi connectivity index (χ0n) is 6.87. The second kappa shape index (κ2) is 3.52. The highest BCUT2D eigenvalue weighted by Crippen LogP contribution is 2.34. The maximum atomic E-state index is 13.5. The Morgan fingerprint density at radius 3 is 3.00 bits per heavy atom. The number of halogens is 1. The van der Waals surface area contributed by atoms with Crippen molar-refractivity contribution in [3.8, 4) is 0 Å². The zero-order valence-corrected chi connectivity index (χ0v) is 9.40. The molecule has 0 aliphatic heterocycles. The van der Waals surface area contributed by atoms with Gasteiger partial charge in [0.2, 0.25) is 0 Å². The van der Waals surface area contributed by atoms with Crippen molar-refractivity contribution in [2.24, 2.45) is 0 Å². The van der Waals surface area contributed by atoms with Gasteiger partial charge in [-0.2, -0.15) is 0 Å². The highest BCUT2D eigenvalue weighted by Gasteiger charge is 2.10. The molecule has 0 saturated carbocycles. The number of thioether (sulfide) groups is 1. The van der Waals surface area contributed by atoms with E-state index in [4.69, 9.17) is 0 Å². The Balaban J connectivity index is 2.83. The Hall–Kier alpha value is -0.190. The van der Waals surface area contributed by atoms with Crippen LogP contribution in [0.2, 0.25) is 0 Å². The van der Waals surface area contributed by atoms with Crippen molar-refractivity contribution in [2.75, 3.05) is 6.26 Å². The highest BCUT2D eigenvalue weighted by atomic mass is 32.2. The van der Waals surface area contributed by atoms with Crippen molar-refractivity contribution in [2.45, 2.75) is 9.79 Å². The van der Waals surface area contributed by atoms with Gasteiger partial charge in [-0.1, -0.05) is 0 Å². The summed E-state index contributed by atoms with van der Waals surface area (Å²) >= 11 is 7.19. The SMILES string of the molecule is CSc1cc2sccc2c(S)c1F. The summed E-state index contributed by atoms with van der Waals surface area (Å²) in [5.41, 5.74) is 0. The van der Waals surface area contributed by atoms with E-state index < -0.39 is 0 Å². The Morgan fingerprint density at radius 2 is 2.31 bits per heavy atom. The Labute approximate surface area is 89.6 Å². The molecule has 1 aromatic carbocycles. The summed E-state index contributed by atoms with van der Waals surface area (Å²) in [5.74, 6) is -0.207. The number of fused-ring (bicyclic) bond motifs is 1. The topological polar surface area (TPSA) is 0 Å². The molecule has 0 spiro atoms. The third kappa shape index (κ3) is 1.47. The van der Waals surface area contributed by atoms with E-state index in [1.54, 1.807) is 11.3 Å². The van der Waals surface area contributed by atoms with Crippen LogP contribution in [0, 0.1) is 5.82 Å². The minimum Gasteiger partial charge on any atom is -0.205 e. The van der Waals surface area contributed by atoms with Gasteiger partial charge in [0.25, 0.3) is 0 Å². The molecule has 0 amide bonds. The van der Waals surface area contributed by atoms with Gasteiger partial charge < -0.3 is 0 Å². The molecule has 0 saturated heterocycles. The molecule has 0 fully saturated rings. The van der Waals surface area contributed by atoms with Gasteiger partial charge in [-0.25, -0.2) is 4.39 Å². The predicted molar refractivity (Wildman–Crippen MR) is 60.8 cm³/mol. The Kier molecular flexibility index (Phi) is 2.53. The van der Waals surface area contributed by atoms with E-state index in [0.29, 0.717) is 9.79 Å². The van der Waals surface area contributed by atoms with Crippen LogP contribution >= 0.6 is 35.7 Å². The molecule has 0 nitrogen and oxygen atoms in total. The highest BCUT2D eigenvalue weighted by molar-refractivity contribution is 7.98. The molecule has 13 heavy (non-hydrogen) atoms. The fourth-order valence-electron chi connectivity index (χ4n) is 1.19. The van der Waals surface area contributed by atoms with Crippen LogP contribution in [0.15, 0.2) is 27.3 Å². The molecule has 0 bridgehead atoms. The van der Waals surface area contributed by atoms with Crippen LogP contribution in [-0.2, 0) is 0 Å². The zero-order chi connectivity index (χ0) is 9.42. The first-order chi connectivity index (χ1) is 6.24. The second-order valence-electron chi connectivity index (χ2n) is 2.57. The number of hydrogen-bond donors (Lipinski definition) is 1. The summed E-state index contributed by atoms with van der Waals surface area (Å²) in [4.78, 5) is 1.13. The number of thiophene rings is 1. The lowest BCUT2D eigenvalue weighted by Gasteiger charge is -2.02. The van der Waals surface area contributed by atoms with Crippen molar-refractivity contribution < 1.29 is 4.39 Å². The average molecular weight is 230 g/mol. The molecular weight excluding hydrogens is 223 g/mol. The van der Waals surface area contributed by atoms with Crippen LogP contribution in [0.1, 0.15) is 0 Å². The minimum atomic E-state index is -0.207. The maximum Gasteiger partial charge on any atom is 0.150 e. The molecule has 0 aliphatic rings. The summed E-state index contributed by atoms with van der Waals surface area (Å²) in [5, 5.41) is 2.86. The lowest BCUT2D eigenvalue weighted by Crippen LogP contribution is -1.82. The first-order valence-corrected chi connectivity index (χ1v) is 6.22. The van der Waals surface area contributed by atoms with Crippen molar-refractivity contribution in [3.05, 3.63) is 23.3 Å². The maximum absolute atomic E-state index is 13.5. The molecule has 68 valence electrons. The monoisotopic (exact) mass is 230 g/mol. The summed E-state index contributed by atoms with van der Waals surface area (Å²) in [6.45, 7) is 0. The molecular formula is C9H7FS3. The van der Waals surface area contributed by atoms with Crippen LogP contribution < -0.4 is 0 Å². The van der Waals surface area contributed by atoms with Crippen LogP contribution in [-0.4, -0.2) is 6.26 Å². The molecule has 0 unspecified atom stereocenters. The third-order valence-corrected chi connectivity index (χ3v) is 3.89. The van der Waals surface area contributed by atoms with Gasteiger partial charge in [-0.3, -0.25) is 0 Å². The van der Waals surface area contributed by atoms with E-state index in [0.717, 1.165) is 10.1 Å². The fourth-order valence-corrected chi connectivity index (χ4v) is 3.09. The largest absolute Gasteiger partial charge is 0.205 e. The summed E-state index contributed by atoms with van der Waals surface area (Å²) in [6, 6.07) is 3.77. The second-order valence-corrected chi connectivity index (χ2v) is 4.82. The van der Waals surface area contributed by atoms with Crippen LogP contribution in [0.5, 0.6) is 0 Å². The molecule has 2 aromatic rings. The van der Waals surface area contributed by atoms with Gasteiger partial charge in [0.05, 0.1) is 0 Å². The molecule has 0 radical (unpaired) electrons. The van der Waals surface area contributed by atoms with E-state index in [-0.39, 0.29) is 5.82 Å². The van der Waals surface area contributed by atoms with Crippen molar-refractivity contribution in [1.82, 2.24) is 0 Å². The van der Waals surface area contributed by atoms with E-state index >= 15 is 0 Å². The van der Waals surface area contributed by atoms with E-state index in [1.807, 2.05) is 23.8 Å². The van der Waals surface area contributed by atoms with Gasteiger partial charge in [-0.05, 0) is 23.8 Å². The lowest BCUT2D eigenvalue weighted by molar-refractivity contribution is 0.580. The first kappa shape index (κ1) is 9.37. The fraction of sp³-hybridized carbons (Fsp3) is 0.111. The summed E-state index contributed by atoms with van der Waals surface area (Å²) < 4.78 is 14.6.